The van der Waals surface area contributed by atoms with Gasteiger partial charge in [-0.3, -0.25) is 9.59 Å². The molecule has 1 aliphatic heterocycles. The van der Waals surface area contributed by atoms with E-state index in [1.807, 2.05) is 11.0 Å². The molecular weight excluding hydrogens is 348 g/mol. The van der Waals surface area contributed by atoms with Gasteiger partial charge < -0.3 is 10.2 Å². The summed E-state index contributed by atoms with van der Waals surface area (Å²) in [6, 6.07) is 0. The quantitative estimate of drug-likeness (QED) is 0.808. The maximum Gasteiger partial charge on any atom is 0.226 e. The molecule has 0 aromatic rings. The van der Waals surface area contributed by atoms with Crippen molar-refractivity contribution in [2.24, 2.45) is 46.3 Å². The van der Waals surface area contributed by atoms with Crippen molar-refractivity contribution in [2.45, 2.75) is 59.8 Å². The number of rotatable bonds is 3. The zero-order chi connectivity index (χ0) is 19.8. The second-order valence-corrected chi connectivity index (χ2v) is 10.6. The smallest absolute Gasteiger partial charge is 0.226 e. The second-order valence-electron chi connectivity index (χ2n) is 10.6. The molecule has 0 aromatic carbocycles. The van der Waals surface area contributed by atoms with Crippen LogP contribution in [0.5, 0.6) is 0 Å². The van der Waals surface area contributed by atoms with E-state index < -0.39 is 0 Å². The van der Waals surface area contributed by atoms with Crippen molar-refractivity contribution < 1.29 is 9.59 Å². The average Bonchev–Trinajstić information content (AvgIpc) is 3.41. The number of nitrogens with zero attached hydrogens (tertiary/aromatic N) is 1. The molecular formula is C24H36N2O2. The number of hydrogen-bond donors (Lipinski definition) is 1. The van der Waals surface area contributed by atoms with E-state index in [4.69, 9.17) is 0 Å². The van der Waals surface area contributed by atoms with Gasteiger partial charge in [0, 0.05) is 48.7 Å². The van der Waals surface area contributed by atoms with Crippen LogP contribution in [-0.4, -0.2) is 36.2 Å². The summed E-state index contributed by atoms with van der Waals surface area (Å²) in [4.78, 5) is 27.6. The van der Waals surface area contributed by atoms with Crippen molar-refractivity contribution in [1.82, 2.24) is 10.2 Å². The fraction of sp³-hybridized carbons (Fsp3) is 0.833. The van der Waals surface area contributed by atoms with Crippen molar-refractivity contribution in [3.05, 3.63) is 11.8 Å². The van der Waals surface area contributed by atoms with Gasteiger partial charge in [0.2, 0.25) is 5.91 Å². The van der Waals surface area contributed by atoms with Crippen LogP contribution in [-0.2, 0) is 9.59 Å². The Hall–Kier alpha value is -1.32. The molecule has 0 radical (unpaired) electrons. The van der Waals surface area contributed by atoms with Gasteiger partial charge in [-0.25, -0.2) is 0 Å². The highest BCUT2D eigenvalue weighted by molar-refractivity contribution is 5.96. The molecule has 1 saturated heterocycles. The molecule has 5 rings (SSSR count). The topological polar surface area (TPSA) is 49.4 Å². The number of hydrogen-bond acceptors (Lipinski definition) is 3. The molecule has 1 amide bonds. The number of piperidine rings is 1. The Kier molecular flexibility index (Phi) is 4.07. The molecule has 154 valence electrons. The third-order valence-corrected chi connectivity index (χ3v) is 9.90. The maximum atomic E-state index is 13.3. The lowest BCUT2D eigenvalue weighted by atomic mass is 9.49. The Morgan fingerprint density at radius 2 is 1.89 bits per heavy atom. The standard InChI is InChI=1S/C24H36N2O2/c1-5-26(6-2)22(28)18-8-7-16-15-13-25-21-12-20(27)14-11-19(14)24(21,4)17(15)9-10-23(16,18)3/h12,14-19,25H,5-11,13H2,1-4H3/t14?,15?,16?,17?,18-,19?,23+,24+/m1/s1. The van der Waals surface area contributed by atoms with Gasteiger partial charge in [0.05, 0.1) is 0 Å². The first-order valence-electron chi connectivity index (χ1n) is 11.6. The van der Waals surface area contributed by atoms with Gasteiger partial charge in [0.25, 0.3) is 0 Å². The average molecular weight is 385 g/mol. The summed E-state index contributed by atoms with van der Waals surface area (Å²) in [5.74, 6) is 3.75. The summed E-state index contributed by atoms with van der Waals surface area (Å²) < 4.78 is 0. The molecule has 4 heteroatoms. The van der Waals surface area contributed by atoms with Crippen LogP contribution < -0.4 is 5.32 Å². The van der Waals surface area contributed by atoms with Crippen LogP contribution in [0.15, 0.2) is 11.8 Å². The van der Waals surface area contributed by atoms with Gasteiger partial charge >= 0.3 is 0 Å². The fourth-order valence-electron chi connectivity index (χ4n) is 8.20. The SMILES string of the molecule is CCN(CC)C(=O)[C@H]1CCC2C3CNC4=CC(=O)C5CC5[C@]4(C)C3CC[C@@]21C. The number of ketones is 1. The molecule has 5 aliphatic rings. The van der Waals surface area contributed by atoms with Gasteiger partial charge in [-0.2, -0.15) is 0 Å². The Morgan fingerprint density at radius 1 is 1.14 bits per heavy atom. The summed E-state index contributed by atoms with van der Waals surface area (Å²) in [7, 11) is 0. The highest BCUT2D eigenvalue weighted by atomic mass is 16.2. The molecule has 3 saturated carbocycles. The molecule has 0 aromatic heterocycles. The third kappa shape index (κ3) is 2.24. The normalized spacial score (nSPS) is 48.4. The molecule has 5 unspecified atom stereocenters. The zero-order valence-electron chi connectivity index (χ0n) is 18.0. The third-order valence-electron chi connectivity index (χ3n) is 9.90. The molecule has 1 heterocycles. The zero-order valence-corrected chi connectivity index (χ0v) is 18.0. The van der Waals surface area contributed by atoms with Crippen molar-refractivity contribution in [1.29, 1.82) is 0 Å². The predicted molar refractivity (Wildman–Crippen MR) is 109 cm³/mol. The van der Waals surface area contributed by atoms with Gasteiger partial charge in [0.1, 0.15) is 0 Å². The molecule has 28 heavy (non-hydrogen) atoms. The van der Waals surface area contributed by atoms with Crippen molar-refractivity contribution >= 4 is 11.7 Å². The van der Waals surface area contributed by atoms with E-state index in [9.17, 15) is 9.59 Å². The van der Waals surface area contributed by atoms with E-state index >= 15 is 0 Å². The van der Waals surface area contributed by atoms with Crippen LogP contribution in [0.4, 0.5) is 0 Å². The highest BCUT2D eigenvalue weighted by Crippen LogP contribution is 2.69. The number of nitrogens with one attached hydrogen (secondary N) is 1. The van der Waals surface area contributed by atoms with Gasteiger partial charge in [-0.15, -0.1) is 0 Å². The van der Waals surface area contributed by atoms with Crippen LogP contribution in [0.2, 0.25) is 0 Å². The minimum absolute atomic E-state index is 0.146. The molecule has 4 fully saturated rings. The number of carbonyl (C=O) groups excluding carboxylic acids is 2. The van der Waals surface area contributed by atoms with Crippen molar-refractivity contribution in [2.75, 3.05) is 19.6 Å². The van der Waals surface area contributed by atoms with E-state index in [0.29, 0.717) is 41.3 Å². The van der Waals surface area contributed by atoms with Gasteiger partial charge in [0.15, 0.2) is 5.78 Å². The minimum atomic E-state index is 0.146. The van der Waals surface area contributed by atoms with E-state index in [-0.39, 0.29) is 16.7 Å². The molecule has 0 bridgehead atoms. The monoisotopic (exact) mass is 384 g/mol. The maximum absolute atomic E-state index is 13.3. The Balaban J connectivity index is 1.44. The fourth-order valence-corrected chi connectivity index (χ4v) is 8.20. The Labute approximate surface area is 169 Å². The van der Waals surface area contributed by atoms with Crippen LogP contribution in [0, 0.1) is 46.3 Å². The first kappa shape index (κ1) is 18.7. The first-order chi connectivity index (χ1) is 13.4. The largest absolute Gasteiger partial charge is 0.387 e. The molecule has 0 spiro atoms. The number of amides is 1. The summed E-state index contributed by atoms with van der Waals surface area (Å²) in [6.07, 6.45) is 7.67. The summed E-state index contributed by atoms with van der Waals surface area (Å²) >= 11 is 0. The van der Waals surface area contributed by atoms with Gasteiger partial charge in [-0.05, 0) is 75.0 Å². The van der Waals surface area contributed by atoms with Gasteiger partial charge in [-0.1, -0.05) is 13.8 Å². The van der Waals surface area contributed by atoms with Crippen LogP contribution in [0.1, 0.15) is 59.8 Å². The molecule has 1 N–H and O–H groups in total. The highest BCUT2D eigenvalue weighted by Gasteiger charge is 2.66. The van der Waals surface area contributed by atoms with E-state index in [1.54, 1.807) is 0 Å². The lowest BCUT2D eigenvalue weighted by Crippen LogP contribution is -2.58. The van der Waals surface area contributed by atoms with E-state index in [2.05, 4.69) is 33.0 Å². The lowest BCUT2D eigenvalue weighted by molar-refractivity contribution is -0.142. The Bertz CT molecular complexity index is 741. The number of carbonyl (C=O) groups is 2. The van der Waals surface area contributed by atoms with E-state index in [1.165, 1.54) is 25.0 Å². The van der Waals surface area contributed by atoms with Crippen LogP contribution in [0.25, 0.3) is 0 Å². The number of fused-ring (bicyclic) bond motifs is 7. The second kappa shape index (κ2) is 6.09. The summed E-state index contributed by atoms with van der Waals surface area (Å²) in [5.41, 5.74) is 1.53. The summed E-state index contributed by atoms with van der Waals surface area (Å²) in [6.45, 7) is 11.7. The number of allylic oxidation sites excluding steroid dienone is 2. The summed E-state index contributed by atoms with van der Waals surface area (Å²) in [5, 5.41) is 3.71. The first-order valence-corrected chi connectivity index (χ1v) is 11.6. The van der Waals surface area contributed by atoms with Crippen LogP contribution in [0.3, 0.4) is 0 Å². The van der Waals surface area contributed by atoms with Crippen LogP contribution >= 0.6 is 0 Å². The van der Waals surface area contributed by atoms with E-state index in [0.717, 1.165) is 32.5 Å². The lowest BCUT2D eigenvalue weighted by Gasteiger charge is -2.58. The predicted octanol–water partition coefficient (Wildman–Crippen LogP) is 3.63. The minimum Gasteiger partial charge on any atom is -0.387 e. The molecule has 4 nitrogen and oxygen atoms in total. The van der Waals surface area contributed by atoms with Crippen molar-refractivity contribution in [3.8, 4) is 0 Å². The molecule has 4 aliphatic carbocycles. The van der Waals surface area contributed by atoms with Crippen molar-refractivity contribution in [3.63, 3.8) is 0 Å². The Morgan fingerprint density at radius 3 is 2.61 bits per heavy atom. The molecule has 8 atom stereocenters.